The SMILES string of the molecule is COc1ccc2c(c1)C(=O)N(C[C@@]1(c3cc4cc(F)cnc4o3)NC(=O)NC1=O)C2. The summed E-state index contributed by atoms with van der Waals surface area (Å²) in [7, 11) is 1.50. The van der Waals surface area contributed by atoms with Gasteiger partial charge in [-0.25, -0.2) is 14.2 Å². The molecule has 2 aromatic heterocycles. The molecule has 9 nitrogen and oxygen atoms in total. The van der Waals surface area contributed by atoms with Gasteiger partial charge in [0.1, 0.15) is 17.3 Å². The van der Waals surface area contributed by atoms with E-state index in [-0.39, 0.29) is 30.5 Å². The van der Waals surface area contributed by atoms with Gasteiger partial charge in [0, 0.05) is 17.5 Å². The van der Waals surface area contributed by atoms with Crippen LogP contribution < -0.4 is 15.4 Å². The Morgan fingerprint density at radius 2 is 2.10 bits per heavy atom. The standard InChI is InChI=1S/C20H15FN4O5/c1-29-13-3-2-10-8-25(17(26)14(10)6-13)9-20(18(27)23-19(28)24-20)15-5-11-4-12(21)7-22-16(11)30-15/h2-7H,8-9H2,1H3,(H2,23,24,27,28)/t20-/m0/s1. The van der Waals surface area contributed by atoms with Crippen LogP contribution in [-0.2, 0) is 16.9 Å². The van der Waals surface area contributed by atoms with E-state index in [0.29, 0.717) is 16.7 Å². The van der Waals surface area contributed by atoms with Crippen molar-refractivity contribution < 1.29 is 27.9 Å². The number of ether oxygens (including phenoxy) is 1. The van der Waals surface area contributed by atoms with Crippen LogP contribution in [0.25, 0.3) is 11.1 Å². The lowest BCUT2D eigenvalue weighted by molar-refractivity contribution is -0.125. The van der Waals surface area contributed by atoms with Crippen LogP contribution in [0.5, 0.6) is 5.75 Å². The van der Waals surface area contributed by atoms with E-state index in [1.807, 2.05) is 0 Å². The molecule has 1 atom stereocenters. The zero-order valence-corrected chi connectivity index (χ0v) is 15.7. The zero-order chi connectivity index (χ0) is 21.0. The third kappa shape index (κ3) is 2.60. The van der Waals surface area contributed by atoms with Crippen molar-refractivity contribution in [3.8, 4) is 5.75 Å². The van der Waals surface area contributed by atoms with Gasteiger partial charge in [-0.15, -0.1) is 0 Å². The van der Waals surface area contributed by atoms with Crippen molar-refractivity contribution in [3.05, 3.63) is 59.2 Å². The highest BCUT2D eigenvalue weighted by molar-refractivity contribution is 6.08. The molecular weight excluding hydrogens is 395 g/mol. The van der Waals surface area contributed by atoms with Gasteiger partial charge < -0.3 is 19.4 Å². The predicted octanol–water partition coefficient (Wildman–Crippen LogP) is 1.67. The molecule has 0 spiro atoms. The number of benzene rings is 1. The van der Waals surface area contributed by atoms with Crippen molar-refractivity contribution in [3.63, 3.8) is 0 Å². The van der Waals surface area contributed by atoms with Gasteiger partial charge in [0.05, 0.1) is 19.9 Å². The topological polar surface area (TPSA) is 114 Å². The first kappa shape index (κ1) is 18.1. The number of amides is 4. The number of imide groups is 1. The lowest BCUT2D eigenvalue weighted by Gasteiger charge is -2.28. The molecule has 4 amide bonds. The Balaban J connectivity index is 1.55. The van der Waals surface area contributed by atoms with E-state index in [1.165, 1.54) is 24.1 Å². The summed E-state index contributed by atoms with van der Waals surface area (Å²) in [5, 5.41) is 5.09. The molecule has 30 heavy (non-hydrogen) atoms. The van der Waals surface area contributed by atoms with E-state index in [0.717, 1.165) is 11.8 Å². The highest BCUT2D eigenvalue weighted by Gasteiger charge is 2.53. The van der Waals surface area contributed by atoms with Crippen molar-refractivity contribution in [1.29, 1.82) is 0 Å². The number of nitrogens with one attached hydrogen (secondary N) is 2. The summed E-state index contributed by atoms with van der Waals surface area (Å²) in [5.74, 6) is -0.954. The van der Waals surface area contributed by atoms with Gasteiger partial charge in [-0.05, 0) is 29.8 Å². The molecule has 10 heteroatoms. The number of carbonyl (C=O) groups is 3. The number of aromatic nitrogens is 1. The number of urea groups is 1. The van der Waals surface area contributed by atoms with Crippen molar-refractivity contribution in [1.82, 2.24) is 20.5 Å². The molecule has 3 aromatic rings. The number of methoxy groups -OCH3 is 1. The van der Waals surface area contributed by atoms with Gasteiger partial charge >= 0.3 is 6.03 Å². The van der Waals surface area contributed by atoms with Gasteiger partial charge in [-0.1, -0.05) is 6.07 Å². The van der Waals surface area contributed by atoms with Crippen molar-refractivity contribution >= 4 is 28.9 Å². The van der Waals surface area contributed by atoms with Gasteiger partial charge in [-0.2, -0.15) is 0 Å². The Bertz CT molecular complexity index is 1240. The van der Waals surface area contributed by atoms with E-state index in [1.54, 1.807) is 18.2 Å². The van der Waals surface area contributed by atoms with Crippen LogP contribution in [-0.4, -0.2) is 41.4 Å². The van der Waals surface area contributed by atoms with Crippen LogP contribution in [0.4, 0.5) is 9.18 Å². The van der Waals surface area contributed by atoms with Gasteiger partial charge in [0.25, 0.3) is 11.8 Å². The fraction of sp³-hybridized carbons (Fsp3) is 0.200. The molecule has 152 valence electrons. The second-order valence-corrected chi connectivity index (χ2v) is 7.16. The number of hydrogen-bond donors (Lipinski definition) is 2. The second kappa shape index (κ2) is 6.28. The number of hydrogen-bond acceptors (Lipinski definition) is 6. The average Bonchev–Trinajstić information content (AvgIpc) is 3.36. The van der Waals surface area contributed by atoms with Gasteiger partial charge in [0.2, 0.25) is 5.71 Å². The van der Waals surface area contributed by atoms with Crippen LogP contribution in [0.3, 0.4) is 0 Å². The lowest BCUT2D eigenvalue weighted by Crippen LogP contribution is -2.52. The van der Waals surface area contributed by atoms with E-state index in [2.05, 4.69) is 15.6 Å². The predicted molar refractivity (Wildman–Crippen MR) is 100 cm³/mol. The number of fused-ring (bicyclic) bond motifs is 2. The number of nitrogens with zero attached hydrogens (tertiary/aromatic N) is 2. The minimum absolute atomic E-state index is 0.0558. The first-order valence-electron chi connectivity index (χ1n) is 9.05. The fourth-order valence-corrected chi connectivity index (χ4v) is 3.85. The van der Waals surface area contributed by atoms with Crippen molar-refractivity contribution in [2.75, 3.05) is 13.7 Å². The number of halogens is 1. The Morgan fingerprint density at radius 1 is 1.27 bits per heavy atom. The first-order valence-corrected chi connectivity index (χ1v) is 9.05. The van der Waals surface area contributed by atoms with E-state index in [9.17, 15) is 18.8 Å². The number of furan rings is 1. The highest BCUT2D eigenvalue weighted by atomic mass is 19.1. The third-order valence-corrected chi connectivity index (χ3v) is 5.32. The molecule has 1 fully saturated rings. The Kier molecular flexibility index (Phi) is 3.79. The average molecular weight is 410 g/mol. The highest BCUT2D eigenvalue weighted by Crippen LogP contribution is 2.34. The summed E-state index contributed by atoms with van der Waals surface area (Å²) in [5.41, 5.74) is -0.326. The van der Waals surface area contributed by atoms with Crippen LogP contribution in [0.2, 0.25) is 0 Å². The maximum absolute atomic E-state index is 13.5. The largest absolute Gasteiger partial charge is 0.497 e. The quantitative estimate of drug-likeness (QED) is 0.633. The Morgan fingerprint density at radius 3 is 2.83 bits per heavy atom. The third-order valence-electron chi connectivity index (χ3n) is 5.32. The molecule has 2 aliphatic rings. The lowest BCUT2D eigenvalue weighted by atomic mass is 9.95. The van der Waals surface area contributed by atoms with E-state index in [4.69, 9.17) is 9.15 Å². The van der Waals surface area contributed by atoms with Crippen molar-refractivity contribution in [2.24, 2.45) is 0 Å². The summed E-state index contributed by atoms with van der Waals surface area (Å²) < 4.78 is 24.4. The van der Waals surface area contributed by atoms with Crippen LogP contribution >= 0.6 is 0 Å². The molecular formula is C20H15FN4O5. The van der Waals surface area contributed by atoms with E-state index < -0.39 is 23.3 Å². The Labute approximate surface area is 168 Å². The molecule has 0 aliphatic carbocycles. The van der Waals surface area contributed by atoms with Crippen LogP contribution in [0.1, 0.15) is 21.7 Å². The first-order chi connectivity index (χ1) is 14.4. The molecule has 2 aliphatic heterocycles. The Hall–Kier alpha value is -3.95. The molecule has 4 heterocycles. The molecule has 0 saturated carbocycles. The van der Waals surface area contributed by atoms with E-state index >= 15 is 0 Å². The number of rotatable bonds is 4. The fourth-order valence-electron chi connectivity index (χ4n) is 3.85. The maximum atomic E-state index is 13.5. The normalized spacial score (nSPS) is 20.5. The molecule has 1 aromatic carbocycles. The van der Waals surface area contributed by atoms with Gasteiger partial charge in [-0.3, -0.25) is 14.9 Å². The number of pyridine rings is 1. The second-order valence-electron chi connectivity index (χ2n) is 7.16. The number of carbonyl (C=O) groups excluding carboxylic acids is 3. The minimum Gasteiger partial charge on any atom is -0.497 e. The molecule has 1 saturated heterocycles. The monoisotopic (exact) mass is 410 g/mol. The maximum Gasteiger partial charge on any atom is 0.322 e. The van der Waals surface area contributed by atoms with Gasteiger partial charge in [0.15, 0.2) is 5.54 Å². The van der Waals surface area contributed by atoms with Crippen LogP contribution in [0, 0.1) is 5.82 Å². The summed E-state index contributed by atoms with van der Waals surface area (Å²) in [6, 6.07) is 7.08. The summed E-state index contributed by atoms with van der Waals surface area (Å²) in [4.78, 5) is 43.1. The molecule has 0 bridgehead atoms. The summed E-state index contributed by atoms with van der Waals surface area (Å²) in [6.07, 6.45) is 0.990. The van der Waals surface area contributed by atoms with Crippen molar-refractivity contribution in [2.45, 2.75) is 12.1 Å². The minimum atomic E-state index is -1.67. The molecule has 0 radical (unpaired) electrons. The van der Waals surface area contributed by atoms with Crippen LogP contribution in [0.15, 0.2) is 40.9 Å². The smallest absolute Gasteiger partial charge is 0.322 e. The molecule has 0 unspecified atom stereocenters. The molecule has 2 N–H and O–H groups in total. The molecule has 5 rings (SSSR count). The summed E-state index contributed by atoms with van der Waals surface area (Å²) in [6.45, 7) is 0.0683. The zero-order valence-electron chi connectivity index (χ0n) is 15.7. The summed E-state index contributed by atoms with van der Waals surface area (Å²) >= 11 is 0.